The van der Waals surface area contributed by atoms with Crippen LogP contribution < -0.4 is 15.0 Å². The number of carboxylic acids is 1. The fourth-order valence-corrected chi connectivity index (χ4v) is 6.56. The molecule has 10 nitrogen and oxygen atoms in total. The molecule has 2 N–H and O–H groups in total. The van der Waals surface area contributed by atoms with Crippen LogP contribution in [0.25, 0.3) is 11.3 Å². The molecule has 1 unspecified atom stereocenters. The van der Waals surface area contributed by atoms with Crippen molar-refractivity contribution in [3.8, 4) is 17.0 Å². The van der Waals surface area contributed by atoms with Crippen molar-refractivity contribution < 1.29 is 37.0 Å². The predicted molar refractivity (Wildman–Crippen MR) is 162 cm³/mol. The zero-order valence-electron chi connectivity index (χ0n) is 25.4. The van der Waals surface area contributed by atoms with Gasteiger partial charge in [0.25, 0.3) is 5.91 Å². The van der Waals surface area contributed by atoms with Crippen molar-refractivity contribution in [3.63, 3.8) is 0 Å². The number of carboxylic acid groups (broad SMARTS) is 1. The van der Waals surface area contributed by atoms with Gasteiger partial charge in [-0.15, -0.1) is 0 Å². The van der Waals surface area contributed by atoms with Crippen LogP contribution in [-0.2, 0) is 11.3 Å². The average Bonchev–Trinajstić information content (AvgIpc) is 3.65. The summed E-state index contributed by atoms with van der Waals surface area (Å²) in [6, 6.07) is 1.25. The van der Waals surface area contributed by atoms with E-state index in [1.807, 2.05) is 18.7 Å². The lowest BCUT2D eigenvalue weighted by molar-refractivity contribution is -0.177. The minimum absolute atomic E-state index is 0.00881. The summed E-state index contributed by atoms with van der Waals surface area (Å²) < 4.78 is 60.9. The van der Waals surface area contributed by atoms with Crippen LogP contribution in [-0.4, -0.2) is 75.8 Å². The Morgan fingerprint density at radius 1 is 1.11 bits per heavy atom. The number of aliphatic carboxylic acids is 1. The fraction of sp³-hybridized carbons (Fsp3) is 0.500. The molecule has 0 spiro atoms. The molecule has 2 aromatic heterocycles. The summed E-state index contributed by atoms with van der Waals surface area (Å²) in [6.07, 6.45) is -0.322. The third-order valence-electron chi connectivity index (χ3n) is 7.75. The van der Waals surface area contributed by atoms with Gasteiger partial charge >= 0.3 is 12.1 Å². The molecule has 1 amide bonds. The lowest BCUT2D eigenvalue weighted by atomic mass is 9.97. The van der Waals surface area contributed by atoms with Crippen LogP contribution in [0.15, 0.2) is 24.5 Å². The van der Waals surface area contributed by atoms with Crippen molar-refractivity contribution in [3.05, 3.63) is 46.5 Å². The molecule has 1 atom stereocenters. The molecule has 2 aliphatic heterocycles. The van der Waals surface area contributed by atoms with Crippen LogP contribution in [0.2, 0.25) is 0 Å². The van der Waals surface area contributed by atoms with Crippen LogP contribution >= 0.6 is 11.3 Å². The van der Waals surface area contributed by atoms with Gasteiger partial charge in [0.05, 0.1) is 31.1 Å². The number of benzene rings is 1. The smallest absolute Gasteiger partial charge is 0.404 e. The Morgan fingerprint density at radius 2 is 1.82 bits per heavy atom. The maximum atomic E-state index is 14.8. The van der Waals surface area contributed by atoms with E-state index in [0.717, 1.165) is 11.3 Å². The highest BCUT2D eigenvalue weighted by molar-refractivity contribution is 7.16. The number of anilines is 2. The first-order valence-corrected chi connectivity index (χ1v) is 15.5. The SMILES string of the molecule is CC.COc1c(C)cc(-c2nc(NC(=O)c3cnc(N4CCC(C(=O)O)CC4)cn3)sc2CN2CCCC2C(F)(F)F)cc1F. The Kier molecular flexibility index (Phi) is 11.0. The van der Waals surface area contributed by atoms with E-state index in [0.29, 0.717) is 54.2 Å². The fourth-order valence-electron chi connectivity index (χ4n) is 5.55. The van der Waals surface area contributed by atoms with E-state index in [4.69, 9.17) is 4.74 Å². The molecule has 1 aromatic carbocycles. The number of methoxy groups -OCH3 is 1. The van der Waals surface area contributed by atoms with Gasteiger partial charge < -0.3 is 14.7 Å². The van der Waals surface area contributed by atoms with Gasteiger partial charge in [-0.05, 0) is 56.8 Å². The Bertz CT molecular complexity index is 1470. The molecule has 2 aliphatic rings. The Balaban J connectivity index is 0.00000226. The van der Waals surface area contributed by atoms with E-state index in [1.54, 1.807) is 13.0 Å². The molecule has 3 aromatic rings. The molecular weight excluding hydrogens is 616 g/mol. The number of amides is 1. The largest absolute Gasteiger partial charge is 0.493 e. The number of hydrogen-bond acceptors (Lipinski definition) is 9. The summed E-state index contributed by atoms with van der Waals surface area (Å²) in [7, 11) is 1.34. The summed E-state index contributed by atoms with van der Waals surface area (Å²) in [5.74, 6) is -1.91. The summed E-state index contributed by atoms with van der Waals surface area (Å²) in [5.41, 5.74) is 1.09. The van der Waals surface area contributed by atoms with Crippen LogP contribution in [0.1, 0.15) is 60.5 Å². The van der Waals surface area contributed by atoms with Crippen molar-refractivity contribution in [2.45, 2.75) is 65.2 Å². The summed E-state index contributed by atoms with van der Waals surface area (Å²) >= 11 is 1.02. The number of carbonyl (C=O) groups excluding carboxylic acids is 1. The number of thiazole rings is 1. The number of ether oxygens (including phenoxy) is 1. The number of likely N-dealkylation sites (tertiary alicyclic amines) is 1. The van der Waals surface area contributed by atoms with Gasteiger partial charge in [-0.2, -0.15) is 13.2 Å². The molecular formula is C30H36F4N6O4S. The van der Waals surface area contributed by atoms with Gasteiger partial charge in [-0.1, -0.05) is 25.2 Å². The van der Waals surface area contributed by atoms with E-state index >= 15 is 0 Å². The van der Waals surface area contributed by atoms with Crippen molar-refractivity contribution in [2.24, 2.45) is 5.92 Å². The first kappa shape index (κ1) is 34.0. The molecule has 45 heavy (non-hydrogen) atoms. The highest BCUT2D eigenvalue weighted by Gasteiger charge is 2.46. The molecule has 0 aliphatic carbocycles. The first-order valence-electron chi connectivity index (χ1n) is 14.7. The number of alkyl halides is 3. The minimum Gasteiger partial charge on any atom is -0.493 e. The van der Waals surface area contributed by atoms with Crippen molar-refractivity contribution >= 4 is 34.2 Å². The second kappa shape index (κ2) is 14.5. The van der Waals surface area contributed by atoms with Gasteiger partial charge in [0.1, 0.15) is 17.6 Å². The van der Waals surface area contributed by atoms with Crippen molar-refractivity contribution in [2.75, 3.05) is 37.0 Å². The maximum absolute atomic E-state index is 14.8. The number of halogens is 4. The second-order valence-corrected chi connectivity index (χ2v) is 11.7. The Morgan fingerprint density at radius 3 is 2.40 bits per heavy atom. The zero-order chi connectivity index (χ0) is 32.9. The molecule has 0 bridgehead atoms. The number of piperidine rings is 1. The van der Waals surface area contributed by atoms with E-state index in [2.05, 4.69) is 20.3 Å². The maximum Gasteiger partial charge on any atom is 0.404 e. The lowest BCUT2D eigenvalue weighted by Crippen LogP contribution is -2.40. The zero-order valence-corrected chi connectivity index (χ0v) is 26.3. The highest BCUT2D eigenvalue weighted by Crippen LogP contribution is 2.39. The quantitative estimate of drug-likeness (QED) is 0.276. The van der Waals surface area contributed by atoms with E-state index in [9.17, 15) is 32.3 Å². The molecule has 15 heteroatoms. The molecule has 2 saturated heterocycles. The monoisotopic (exact) mass is 652 g/mol. The Labute approximate surface area is 262 Å². The van der Waals surface area contributed by atoms with Crippen molar-refractivity contribution in [1.82, 2.24) is 19.9 Å². The van der Waals surface area contributed by atoms with Crippen LogP contribution in [0.3, 0.4) is 0 Å². The van der Waals surface area contributed by atoms with Crippen LogP contribution in [0.4, 0.5) is 28.5 Å². The predicted octanol–water partition coefficient (Wildman–Crippen LogP) is 6.16. The van der Waals surface area contributed by atoms with Gasteiger partial charge in [0.2, 0.25) is 0 Å². The molecule has 2 fully saturated rings. The molecule has 0 saturated carbocycles. The lowest BCUT2D eigenvalue weighted by Gasteiger charge is -2.30. The van der Waals surface area contributed by atoms with Gasteiger partial charge in [-0.25, -0.2) is 19.3 Å². The number of aryl methyl sites for hydroxylation is 1. The van der Waals surface area contributed by atoms with E-state index < -0.39 is 35.8 Å². The third kappa shape index (κ3) is 7.87. The van der Waals surface area contributed by atoms with E-state index in [-0.39, 0.29) is 41.8 Å². The normalized spacial score (nSPS) is 17.5. The highest BCUT2D eigenvalue weighted by atomic mass is 32.1. The standard InChI is InChI=1S/C28H30F4N6O4S.C2H6/c1-15-10-17(11-18(29)24(15)42-2)23-20(14-38-7-3-4-21(38)28(30,31)32)43-27(35-23)36-25(39)19-12-34-22(13-33-19)37-8-5-16(6-9-37)26(40)41;1-2/h10-13,16,21H,3-9,14H2,1-2H3,(H,40,41)(H,35,36,39);1-2H3. The summed E-state index contributed by atoms with van der Waals surface area (Å²) in [6.45, 7) is 6.82. The minimum atomic E-state index is -4.39. The number of rotatable bonds is 8. The number of nitrogens with one attached hydrogen (secondary N) is 1. The van der Waals surface area contributed by atoms with E-state index in [1.165, 1.54) is 30.5 Å². The summed E-state index contributed by atoms with van der Waals surface area (Å²) in [4.78, 5) is 40.9. The number of carbonyl (C=O) groups is 2. The van der Waals surface area contributed by atoms with Crippen molar-refractivity contribution in [1.29, 1.82) is 0 Å². The van der Waals surface area contributed by atoms with Gasteiger partial charge in [0.15, 0.2) is 16.7 Å². The number of nitrogens with zero attached hydrogens (tertiary/aromatic N) is 5. The molecule has 5 rings (SSSR count). The number of hydrogen-bond donors (Lipinski definition) is 2. The molecule has 0 radical (unpaired) electrons. The number of aromatic nitrogens is 3. The van der Waals surface area contributed by atoms with Crippen LogP contribution in [0.5, 0.6) is 5.75 Å². The molecule has 4 heterocycles. The van der Waals surface area contributed by atoms with Crippen LogP contribution in [0, 0.1) is 18.7 Å². The van der Waals surface area contributed by atoms with Gasteiger partial charge in [-0.3, -0.25) is 19.8 Å². The van der Waals surface area contributed by atoms with Gasteiger partial charge in [0, 0.05) is 30.1 Å². The molecule has 244 valence electrons. The topological polar surface area (TPSA) is 121 Å². The summed E-state index contributed by atoms with van der Waals surface area (Å²) in [5, 5.41) is 12.0. The first-order chi connectivity index (χ1) is 21.4. The Hall–Kier alpha value is -3.85. The second-order valence-electron chi connectivity index (χ2n) is 10.6. The average molecular weight is 653 g/mol. The third-order valence-corrected chi connectivity index (χ3v) is 8.71.